The highest BCUT2D eigenvalue weighted by atomic mass is 19.2. The molecular formula is C24H26F4. The van der Waals surface area contributed by atoms with Gasteiger partial charge in [0.2, 0.25) is 0 Å². The highest BCUT2D eigenvalue weighted by molar-refractivity contribution is 5.37. The fourth-order valence-corrected chi connectivity index (χ4v) is 5.12. The molecule has 0 radical (unpaired) electrons. The first-order valence-corrected chi connectivity index (χ1v) is 10.4. The zero-order valence-corrected chi connectivity index (χ0v) is 16.2. The van der Waals surface area contributed by atoms with E-state index in [2.05, 4.69) is 6.92 Å². The average molecular weight is 390 g/mol. The third kappa shape index (κ3) is 3.58. The molecule has 0 aromatic heterocycles. The van der Waals surface area contributed by atoms with Gasteiger partial charge in [-0.3, -0.25) is 0 Å². The Kier molecular flexibility index (Phi) is 5.48. The van der Waals surface area contributed by atoms with Crippen LogP contribution >= 0.6 is 0 Å². The fraction of sp³-hybridized carbons (Fsp3) is 0.500. The molecule has 2 aliphatic carbocycles. The molecular weight excluding hydrogens is 364 g/mol. The maximum Gasteiger partial charge on any atom is 0.194 e. The van der Waals surface area contributed by atoms with Gasteiger partial charge >= 0.3 is 0 Å². The van der Waals surface area contributed by atoms with Gasteiger partial charge in [0, 0.05) is 0 Å². The predicted octanol–water partition coefficient (Wildman–Crippen LogP) is 7.20. The summed E-state index contributed by atoms with van der Waals surface area (Å²) in [6.45, 7) is 2.23. The summed E-state index contributed by atoms with van der Waals surface area (Å²) in [5.41, 5.74) is 2.35. The second-order valence-corrected chi connectivity index (χ2v) is 8.47. The van der Waals surface area contributed by atoms with Crippen LogP contribution in [0.5, 0.6) is 0 Å². The lowest BCUT2D eigenvalue weighted by atomic mass is 9.76. The summed E-state index contributed by atoms with van der Waals surface area (Å²) in [4.78, 5) is 0. The van der Waals surface area contributed by atoms with Crippen LogP contribution in [0.2, 0.25) is 0 Å². The van der Waals surface area contributed by atoms with Crippen molar-refractivity contribution in [3.05, 3.63) is 69.8 Å². The van der Waals surface area contributed by atoms with Gasteiger partial charge < -0.3 is 0 Å². The molecule has 1 saturated carbocycles. The van der Waals surface area contributed by atoms with Crippen LogP contribution in [0.4, 0.5) is 17.6 Å². The summed E-state index contributed by atoms with van der Waals surface area (Å²) in [5.74, 6) is -2.82. The van der Waals surface area contributed by atoms with Crippen molar-refractivity contribution >= 4 is 0 Å². The molecule has 0 heterocycles. The van der Waals surface area contributed by atoms with Crippen molar-refractivity contribution in [2.45, 2.75) is 70.1 Å². The third-order valence-electron chi connectivity index (χ3n) is 6.92. The predicted molar refractivity (Wildman–Crippen MR) is 102 cm³/mol. The van der Waals surface area contributed by atoms with E-state index in [9.17, 15) is 17.6 Å². The molecule has 1 unspecified atom stereocenters. The Morgan fingerprint density at radius 1 is 0.821 bits per heavy atom. The van der Waals surface area contributed by atoms with Crippen molar-refractivity contribution in [2.24, 2.45) is 5.92 Å². The first-order chi connectivity index (χ1) is 13.5. The van der Waals surface area contributed by atoms with Crippen molar-refractivity contribution in [3.63, 3.8) is 0 Å². The minimum absolute atomic E-state index is 0.137. The Morgan fingerprint density at radius 2 is 1.57 bits per heavy atom. The molecule has 4 rings (SSSR count). The molecule has 2 aromatic rings. The van der Waals surface area contributed by atoms with Crippen LogP contribution in [-0.4, -0.2) is 0 Å². The smallest absolute Gasteiger partial charge is 0.194 e. The Balaban J connectivity index is 1.53. The summed E-state index contributed by atoms with van der Waals surface area (Å²) in [7, 11) is 0. The number of fused-ring (bicyclic) bond motifs is 1. The minimum atomic E-state index is -1.41. The van der Waals surface area contributed by atoms with Crippen molar-refractivity contribution in [3.8, 4) is 0 Å². The number of hydrogen-bond donors (Lipinski definition) is 0. The highest BCUT2D eigenvalue weighted by Crippen LogP contribution is 2.40. The van der Waals surface area contributed by atoms with Gasteiger partial charge in [-0.1, -0.05) is 25.5 Å². The second kappa shape index (κ2) is 7.88. The topological polar surface area (TPSA) is 0 Å². The lowest BCUT2D eigenvalue weighted by Gasteiger charge is -2.29. The summed E-state index contributed by atoms with van der Waals surface area (Å²) in [5, 5.41) is 0. The molecule has 28 heavy (non-hydrogen) atoms. The van der Waals surface area contributed by atoms with E-state index in [0.717, 1.165) is 30.4 Å². The van der Waals surface area contributed by atoms with E-state index in [1.165, 1.54) is 19.3 Å². The fourth-order valence-electron chi connectivity index (χ4n) is 5.12. The Labute approximate surface area is 164 Å². The van der Waals surface area contributed by atoms with Crippen LogP contribution in [-0.2, 0) is 12.8 Å². The number of rotatable bonds is 3. The molecule has 2 aromatic carbocycles. The Hall–Kier alpha value is -1.84. The van der Waals surface area contributed by atoms with Crippen molar-refractivity contribution < 1.29 is 17.6 Å². The zero-order chi connectivity index (χ0) is 19.8. The van der Waals surface area contributed by atoms with E-state index < -0.39 is 17.5 Å². The number of halogens is 4. The number of benzene rings is 2. The molecule has 1 atom stereocenters. The molecule has 0 spiro atoms. The molecule has 2 aliphatic rings. The van der Waals surface area contributed by atoms with E-state index in [-0.39, 0.29) is 17.3 Å². The van der Waals surface area contributed by atoms with Gasteiger partial charge in [-0.15, -0.1) is 0 Å². The minimum Gasteiger partial charge on any atom is -0.207 e. The highest BCUT2D eigenvalue weighted by Gasteiger charge is 2.28. The largest absolute Gasteiger partial charge is 0.207 e. The van der Waals surface area contributed by atoms with Gasteiger partial charge in [0.15, 0.2) is 17.5 Å². The quantitative estimate of drug-likeness (QED) is 0.384. The number of hydrogen-bond acceptors (Lipinski definition) is 0. The van der Waals surface area contributed by atoms with Crippen molar-refractivity contribution in [2.75, 3.05) is 0 Å². The van der Waals surface area contributed by atoms with E-state index in [1.54, 1.807) is 6.07 Å². The summed E-state index contributed by atoms with van der Waals surface area (Å²) in [6.07, 6.45) is 7.01. The monoisotopic (exact) mass is 390 g/mol. The van der Waals surface area contributed by atoms with Crippen LogP contribution in [0.25, 0.3) is 0 Å². The first kappa shape index (κ1) is 19.5. The van der Waals surface area contributed by atoms with Crippen LogP contribution < -0.4 is 0 Å². The molecule has 1 fully saturated rings. The van der Waals surface area contributed by atoms with E-state index in [1.807, 2.05) is 12.1 Å². The van der Waals surface area contributed by atoms with Gasteiger partial charge in [0.05, 0.1) is 0 Å². The standard InChI is InChI=1S/C24H26F4/c1-2-14-3-5-15(6-4-14)16-7-9-19(21(25)12-16)17-8-10-20-18(11-17)13-22(26)24(28)23(20)27/h7,9,12-15,17H,2-6,8,10-11H2,1H3. The van der Waals surface area contributed by atoms with Gasteiger partial charge in [-0.2, -0.15) is 0 Å². The molecule has 0 bridgehead atoms. The Bertz CT molecular complexity index is 865. The second-order valence-electron chi connectivity index (χ2n) is 8.47. The molecule has 0 amide bonds. The third-order valence-corrected chi connectivity index (χ3v) is 6.92. The molecule has 4 heteroatoms. The van der Waals surface area contributed by atoms with E-state index in [0.29, 0.717) is 36.3 Å². The first-order valence-electron chi connectivity index (χ1n) is 10.4. The van der Waals surface area contributed by atoms with Gasteiger partial charge in [-0.05, 0) is 97.1 Å². The molecule has 0 saturated heterocycles. The van der Waals surface area contributed by atoms with Crippen molar-refractivity contribution in [1.82, 2.24) is 0 Å². The molecule has 0 aliphatic heterocycles. The maximum atomic E-state index is 14.9. The van der Waals surface area contributed by atoms with Crippen LogP contribution in [0, 0.1) is 29.2 Å². The van der Waals surface area contributed by atoms with Gasteiger partial charge in [0.25, 0.3) is 0 Å². The van der Waals surface area contributed by atoms with Crippen LogP contribution in [0.15, 0.2) is 24.3 Å². The van der Waals surface area contributed by atoms with E-state index in [4.69, 9.17) is 0 Å². The van der Waals surface area contributed by atoms with Crippen molar-refractivity contribution in [1.29, 1.82) is 0 Å². The van der Waals surface area contributed by atoms with Gasteiger partial charge in [0.1, 0.15) is 5.82 Å². The Morgan fingerprint density at radius 3 is 2.25 bits per heavy atom. The van der Waals surface area contributed by atoms with Crippen LogP contribution in [0.3, 0.4) is 0 Å². The van der Waals surface area contributed by atoms with E-state index >= 15 is 0 Å². The van der Waals surface area contributed by atoms with Crippen LogP contribution in [0.1, 0.15) is 79.5 Å². The summed E-state index contributed by atoms with van der Waals surface area (Å²) in [6, 6.07) is 6.60. The van der Waals surface area contributed by atoms with Gasteiger partial charge in [-0.25, -0.2) is 17.6 Å². The average Bonchev–Trinajstić information content (AvgIpc) is 2.72. The summed E-state index contributed by atoms with van der Waals surface area (Å²) < 4.78 is 56.0. The zero-order valence-electron chi connectivity index (χ0n) is 16.2. The molecule has 0 N–H and O–H groups in total. The lowest BCUT2D eigenvalue weighted by Crippen LogP contribution is -2.17. The lowest BCUT2D eigenvalue weighted by molar-refractivity contribution is 0.318. The SMILES string of the molecule is CCC1CCC(c2ccc(C3CCc4c(cc(F)c(F)c4F)C3)c(F)c2)CC1. The molecule has 150 valence electrons. The maximum absolute atomic E-state index is 14.9. The molecule has 0 nitrogen and oxygen atoms in total. The summed E-state index contributed by atoms with van der Waals surface area (Å²) >= 11 is 0. The normalized spacial score (nSPS) is 24.8.